The topological polar surface area (TPSA) is 97.1 Å². The molecule has 2 N–H and O–H groups in total. The summed E-state index contributed by atoms with van der Waals surface area (Å²) >= 11 is 2.82. The lowest BCUT2D eigenvalue weighted by atomic mass is 9.90. The number of rotatable bonds is 6. The second-order valence-corrected chi connectivity index (χ2v) is 8.96. The molecular formula is C18H24N4O3S2. The molecule has 3 rings (SSSR count). The van der Waals surface area contributed by atoms with Crippen LogP contribution < -0.4 is 10.6 Å². The summed E-state index contributed by atoms with van der Waals surface area (Å²) in [4.78, 5) is 25.9. The van der Waals surface area contributed by atoms with Gasteiger partial charge in [0.25, 0.3) is 11.1 Å². The maximum absolute atomic E-state index is 11.9. The van der Waals surface area contributed by atoms with Crippen LogP contribution in [0.15, 0.2) is 15.7 Å². The van der Waals surface area contributed by atoms with Crippen molar-refractivity contribution >= 4 is 35.0 Å². The minimum Gasteiger partial charge on any atom is -0.410 e. The summed E-state index contributed by atoms with van der Waals surface area (Å²) in [5.41, 5.74) is 1.38. The summed E-state index contributed by atoms with van der Waals surface area (Å²) < 4.78 is 5.68. The number of amides is 3. The second kappa shape index (κ2) is 8.88. The number of hydrogen-bond donors (Lipinski definition) is 2. The molecule has 0 spiro atoms. The summed E-state index contributed by atoms with van der Waals surface area (Å²) in [6.45, 7) is 6.11. The largest absolute Gasteiger partial charge is 0.410 e. The Balaban J connectivity index is 1.53. The van der Waals surface area contributed by atoms with Crippen LogP contribution in [-0.4, -0.2) is 33.9 Å². The van der Waals surface area contributed by atoms with Crippen molar-refractivity contribution < 1.29 is 14.0 Å². The molecule has 0 bridgehead atoms. The minimum absolute atomic E-state index is 0.0172. The Kier molecular flexibility index (Phi) is 6.54. The maximum Gasteiger partial charge on any atom is 0.321 e. The quantitative estimate of drug-likeness (QED) is 0.708. The molecule has 2 aromatic heterocycles. The Hall–Kier alpha value is -1.87. The van der Waals surface area contributed by atoms with Crippen LogP contribution in [0.4, 0.5) is 4.79 Å². The van der Waals surface area contributed by atoms with Crippen molar-refractivity contribution in [3.05, 3.63) is 16.5 Å². The number of hydrogen-bond acceptors (Lipinski definition) is 7. The minimum atomic E-state index is -0.487. The molecule has 9 heteroatoms. The standard InChI is InChI=1S/C18H24N4O3S2/c1-4-11(3)19-17(24)20-15(23)9-26-18-22-21-16(25-18)14-8-12-7-10(2)5-6-13(12)27-14/h8,10-11H,4-7,9H2,1-3H3,(H2,19,20,23,24)/t10-,11+/m0/s1. The number of fused-ring (bicyclic) bond motifs is 1. The number of carbonyl (C=O) groups excluding carboxylic acids is 2. The van der Waals surface area contributed by atoms with E-state index in [4.69, 9.17) is 4.42 Å². The lowest BCUT2D eigenvalue weighted by molar-refractivity contribution is -0.117. The van der Waals surface area contributed by atoms with E-state index in [0.717, 1.165) is 35.9 Å². The molecule has 0 aliphatic heterocycles. The number of nitrogens with one attached hydrogen (secondary N) is 2. The monoisotopic (exact) mass is 408 g/mol. The zero-order valence-electron chi connectivity index (χ0n) is 15.7. The SMILES string of the molecule is CC[C@@H](C)NC(=O)NC(=O)CSc1nnc(-c2cc3c(s2)CC[C@H](C)C3)o1. The van der Waals surface area contributed by atoms with Crippen molar-refractivity contribution in [1.29, 1.82) is 0 Å². The number of imide groups is 1. The smallest absolute Gasteiger partial charge is 0.321 e. The fraction of sp³-hybridized carbons (Fsp3) is 0.556. The van der Waals surface area contributed by atoms with Crippen LogP contribution in [0.1, 0.15) is 44.1 Å². The van der Waals surface area contributed by atoms with Crippen molar-refractivity contribution in [2.75, 3.05) is 5.75 Å². The van der Waals surface area contributed by atoms with E-state index in [2.05, 4.69) is 33.8 Å². The third-order valence-electron chi connectivity index (χ3n) is 4.52. The van der Waals surface area contributed by atoms with Crippen LogP contribution >= 0.6 is 23.1 Å². The maximum atomic E-state index is 11.9. The average Bonchev–Trinajstić information content (AvgIpc) is 3.25. The lowest BCUT2D eigenvalue weighted by Crippen LogP contribution is -2.43. The van der Waals surface area contributed by atoms with Crippen molar-refractivity contribution in [3.63, 3.8) is 0 Å². The fourth-order valence-electron chi connectivity index (χ4n) is 2.83. The van der Waals surface area contributed by atoms with Gasteiger partial charge in [0.15, 0.2) is 0 Å². The summed E-state index contributed by atoms with van der Waals surface area (Å²) in [7, 11) is 0. The fourth-order valence-corrected chi connectivity index (χ4v) is 4.52. The number of carbonyl (C=O) groups is 2. The van der Waals surface area contributed by atoms with Gasteiger partial charge in [-0.25, -0.2) is 4.79 Å². The zero-order valence-corrected chi connectivity index (χ0v) is 17.3. The number of aryl methyl sites for hydroxylation is 1. The normalized spacial score (nSPS) is 17.2. The number of aromatic nitrogens is 2. The van der Waals surface area contributed by atoms with Crippen LogP contribution in [0.25, 0.3) is 10.8 Å². The molecule has 0 saturated carbocycles. The van der Waals surface area contributed by atoms with Crippen molar-refractivity contribution in [2.45, 2.75) is 57.7 Å². The molecule has 2 atom stereocenters. The van der Waals surface area contributed by atoms with Crippen LogP contribution in [0, 0.1) is 5.92 Å². The zero-order chi connectivity index (χ0) is 19.4. The molecule has 146 valence electrons. The molecule has 2 heterocycles. The molecule has 1 aliphatic carbocycles. The third kappa shape index (κ3) is 5.32. The molecule has 0 unspecified atom stereocenters. The first-order valence-electron chi connectivity index (χ1n) is 9.13. The van der Waals surface area contributed by atoms with Gasteiger partial charge in [-0.3, -0.25) is 10.1 Å². The van der Waals surface area contributed by atoms with E-state index in [1.54, 1.807) is 11.3 Å². The summed E-state index contributed by atoms with van der Waals surface area (Å²) in [6.07, 6.45) is 4.22. The Morgan fingerprint density at radius 3 is 3.04 bits per heavy atom. The Morgan fingerprint density at radius 1 is 1.44 bits per heavy atom. The highest BCUT2D eigenvalue weighted by molar-refractivity contribution is 7.99. The molecule has 7 nitrogen and oxygen atoms in total. The Morgan fingerprint density at radius 2 is 2.26 bits per heavy atom. The molecule has 3 amide bonds. The van der Waals surface area contributed by atoms with Gasteiger partial charge >= 0.3 is 6.03 Å². The molecule has 0 saturated heterocycles. The van der Waals surface area contributed by atoms with E-state index in [1.165, 1.54) is 16.9 Å². The highest BCUT2D eigenvalue weighted by Gasteiger charge is 2.21. The third-order valence-corrected chi connectivity index (χ3v) is 6.56. The Labute approximate surface area is 166 Å². The molecular weight excluding hydrogens is 384 g/mol. The molecule has 2 aromatic rings. The lowest BCUT2D eigenvalue weighted by Gasteiger charge is -2.16. The van der Waals surface area contributed by atoms with Gasteiger partial charge in [0.2, 0.25) is 5.91 Å². The molecule has 0 fully saturated rings. The van der Waals surface area contributed by atoms with Gasteiger partial charge in [0.05, 0.1) is 10.6 Å². The van der Waals surface area contributed by atoms with Crippen molar-refractivity contribution in [1.82, 2.24) is 20.8 Å². The first-order chi connectivity index (χ1) is 12.9. The van der Waals surface area contributed by atoms with Gasteiger partial charge in [-0.05, 0) is 50.2 Å². The first kappa shape index (κ1) is 19.9. The summed E-state index contributed by atoms with van der Waals surface area (Å²) in [6, 6.07) is 1.67. The molecule has 27 heavy (non-hydrogen) atoms. The highest BCUT2D eigenvalue weighted by atomic mass is 32.2. The van der Waals surface area contributed by atoms with E-state index >= 15 is 0 Å². The van der Waals surface area contributed by atoms with Crippen molar-refractivity contribution in [2.24, 2.45) is 5.92 Å². The van der Waals surface area contributed by atoms with Gasteiger partial charge in [-0.2, -0.15) is 0 Å². The number of thioether (sulfide) groups is 1. The number of thiophene rings is 1. The van der Waals surface area contributed by atoms with E-state index in [0.29, 0.717) is 17.0 Å². The highest BCUT2D eigenvalue weighted by Crippen LogP contribution is 2.37. The Bertz CT molecular complexity index is 817. The second-order valence-electron chi connectivity index (χ2n) is 6.90. The van der Waals surface area contributed by atoms with Crippen LogP contribution in [0.3, 0.4) is 0 Å². The average molecular weight is 409 g/mol. The van der Waals surface area contributed by atoms with E-state index in [9.17, 15) is 9.59 Å². The van der Waals surface area contributed by atoms with Crippen molar-refractivity contribution in [3.8, 4) is 10.8 Å². The molecule has 0 radical (unpaired) electrons. The van der Waals surface area contributed by atoms with Crippen LogP contribution in [-0.2, 0) is 17.6 Å². The molecule has 1 aliphatic rings. The van der Waals surface area contributed by atoms with Gasteiger partial charge in [0.1, 0.15) is 0 Å². The predicted octanol–water partition coefficient (Wildman–Crippen LogP) is 3.64. The summed E-state index contributed by atoms with van der Waals surface area (Å²) in [5.74, 6) is 0.832. The van der Waals surface area contributed by atoms with Gasteiger partial charge < -0.3 is 9.73 Å². The van der Waals surface area contributed by atoms with Crippen LogP contribution in [0.5, 0.6) is 0 Å². The van der Waals surface area contributed by atoms with Gasteiger partial charge in [0, 0.05) is 10.9 Å². The van der Waals surface area contributed by atoms with E-state index in [1.807, 2.05) is 13.8 Å². The number of urea groups is 1. The summed E-state index contributed by atoms with van der Waals surface area (Å²) in [5, 5.41) is 13.4. The van der Waals surface area contributed by atoms with Crippen LogP contribution in [0.2, 0.25) is 0 Å². The van der Waals surface area contributed by atoms with E-state index < -0.39 is 11.9 Å². The predicted molar refractivity (Wildman–Crippen MR) is 106 cm³/mol. The first-order valence-corrected chi connectivity index (χ1v) is 10.9. The van der Waals surface area contributed by atoms with E-state index in [-0.39, 0.29) is 11.8 Å². The molecule has 0 aromatic carbocycles. The van der Waals surface area contributed by atoms with Gasteiger partial charge in [-0.1, -0.05) is 25.6 Å². The number of nitrogens with zero attached hydrogens (tertiary/aromatic N) is 2. The van der Waals surface area contributed by atoms with Gasteiger partial charge in [-0.15, -0.1) is 21.5 Å².